The van der Waals surface area contributed by atoms with Gasteiger partial charge >= 0.3 is 0 Å². The maximum atomic E-state index is 4.49. The lowest BCUT2D eigenvalue weighted by molar-refractivity contribution is 1.33. The fourth-order valence-electron chi connectivity index (χ4n) is 2.50. The number of aromatic nitrogens is 2. The first-order chi connectivity index (χ1) is 10.8. The molecule has 22 heavy (non-hydrogen) atoms. The summed E-state index contributed by atoms with van der Waals surface area (Å²) < 4.78 is 0. The Bertz CT molecular complexity index is 905. The number of aryl methyl sites for hydroxylation is 1. The lowest BCUT2D eigenvalue weighted by atomic mass is 10.2. The first kappa shape index (κ1) is 13.1. The summed E-state index contributed by atoms with van der Waals surface area (Å²) in [6.07, 6.45) is 1.83. The fraction of sp³-hybridized carbons (Fsp3) is 0.0556. The molecule has 0 aliphatic heterocycles. The summed E-state index contributed by atoms with van der Waals surface area (Å²) in [5.74, 6) is 0.874. The third-order valence-corrected chi connectivity index (χ3v) is 4.38. The zero-order chi connectivity index (χ0) is 14.9. The van der Waals surface area contributed by atoms with Crippen molar-refractivity contribution in [3.05, 3.63) is 65.0 Å². The molecule has 0 fully saturated rings. The van der Waals surface area contributed by atoms with E-state index in [1.165, 1.54) is 11.1 Å². The Kier molecular flexibility index (Phi) is 3.16. The van der Waals surface area contributed by atoms with E-state index in [4.69, 9.17) is 0 Å². The van der Waals surface area contributed by atoms with E-state index >= 15 is 0 Å². The van der Waals surface area contributed by atoms with Crippen molar-refractivity contribution in [3.8, 4) is 11.3 Å². The van der Waals surface area contributed by atoms with Crippen molar-refractivity contribution in [2.24, 2.45) is 0 Å². The van der Waals surface area contributed by atoms with Crippen LogP contribution in [-0.4, -0.2) is 9.97 Å². The molecule has 0 spiro atoms. The van der Waals surface area contributed by atoms with Crippen molar-refractivity contribution in [1.29, 1.82) is 0 Å². The molecule has 3 heterocycles. The van der Waals surface area contributed by atoms with Gasteiger partial charge in [0.15, 0.2) is 0 Å². The second kappa shape index (κ2) is 5.31. The highest BCUT2D eigenvalue weighted by Crippen LogP contribution is 2.30. The molecule has 0 amide bonds. The summed E-state index contributed by atoms with van der Waals surface area (Å²) in [6.45, 7) is 2.09. The Hall–Kier alpha value is -2.59. The molecule has 2 N–H and O–H groups in total. The molecule has 0 saturated carbocycles. The molecule has 0 atom stereocenters. The number of aromatic amines is 1. The smallest absolute Gasteiger partial charge is 0.139 e. The molecule has 0 unspecified atom stereocenters. The topological polar surface area (TPSA) is 40.7 Å². The Morgan fingerprint density at radius 1 is 1.09 bits per heavy atom. The third-order valence-electron chi connectivity index (χ3n) is 3.69. The van der Waals surface area contributed by atoms with Gasteiger partial charge in [0, 0.05) is 33.9 Å². The third kappa shape index (κ3) is 2.38. The Labute approximate surface area is 132 Å². The summed E-state index contributed by atoms with van der Waals surface area (Å²) in [4.78, 5) is 7.95. The van der Waals surface area contributed by atoms with Crippen LogP contribution in [0.5, 0.6) is 0 Å². The second-order valence-electron chi connectivity index (χ2n) is 5.31. The summed E-state index contributed by atoms with van der Waals surface area (Å²) >= 11 is 1.70. The molecule has 0 aliphatic rings. The minimum atomic E-state index is 0.874. The number of H-pyrrole nitrogens is 1. The van der Waals surface area contributed by atoms with Gasteiger partial charge in [0.1, 0.15) is 5.82 Å². The maximum absolute atomic E-state index is 4.49. The molecule has 3 aromatic heterocycles. The quantitative estimate of drug-likeness (QED) is 0.536. The van der Waals surface area contributed by atoms with Crippen molar-refractivity contribution in [2.75, 3.05) is 5.32 Å². The maximum Gasteiger partial charge on any atom is 0.139 e. The SMILES string of the molecule is Cc1ccc(Nc2nccc3[nH]c(-c4ccsc4)cc23)cc1. The molecular weight excluding hydrogens is 290 g/mol. The lowest BCUT2D eigenvalue weighted by Crippen LogP contribution is -1.93. The van der Waals surface area contributed by atoms with Gasteiger partial charge < -0.3 is 10.3 Å². The summed E-state index contributed by atoms with van der Waals surface area (Å²) in [6, 6.07) is 14.6. The van der Waals surface area contributed by atoms with Gasteiger partial charge in [-0.1, -0.05) is 17.7 Å². The number of rotatable bonds is 3. The minimum Gasteiger partial charge on any atom is -0.354 e. The second-order valence-corrected chi connectivity index (χ2v) is 6.09. The highest BCUT2D eigenvalue weighted by atomic mass is 32.1. The first-order valence-electron chi connectivity index (χ1n) is 7.13. The monoisotopic (exact) mass is 305 g/mol. The molecule has 1 aromatic carbocycles. The molecule has 0 radical (unpaired) electrons. The first-order valence-corrected chi connectivity index (χ1v) is 8.08. The van der Waals surface area contributed by atoms with Crippen LogP contribution in [-0.2, 0) is 0 Å². The number of anilines is 2. The lowest BCUT2D eigenvalue weighted by Gasteiger charge is -2.06. The van der Waals surface area contributed by atoms with Gasteiger partial charge in [-0.3, -0.25) is 0 Å². The summed E-state index contributed by atoms with van der Waals surface area (Å²) in [5, 5.41) is 8.74. The molecule has 3 nitrogen and oxygen atoms in total. The van der Waals surface area contributed by atoms with Crippen LogP contribution >= 0.6 is 11.3 Å². The number of hydrogen-bond acceptors (Lipinski definition) is 3. The van der Waals surface area contributed by atoms with Crippen LogP contribution in [0, 0.1) is 6.92 Å². The molecule has 0 aliphatic carbocycles. The number of pyridine rings is 1. The van der Waals surface area contributed by atoms with Crippen molar-refractivity contribution < 1.29 is 0 Å². The van der Waals surface area contributed by atoms with E-state index in [1.807, 2.05) is 12.3 Å². The molecular formula is C18H15N3S. The van der Waals surface area contributed by atoms with E-state index in [1.54, 1.807) is 11.3 Å². The van der Waals surface area contributed by atoms with Crippen LogP contribution in [0.15, 0.2) is 59.4 Å². The molecule has 4 heteroatoms. The van der Waals surface area contributed by atoms with Crippen LogP contribution in [0.2, 0.25) is 0 Å². The summed E-state index contributed by atoms with van der Waals surface area (Å²) in [5.41, 5.74) is 5.71. The Balaban J connectivity index is 1.76. The molecule has 0 saturated heterocycles. The van der Waals surface area contributed by atoms with Gasteiger partial charge in [-0.25, -0.2) is 4.98 Å². The van der Waals surface area contributed by atoms with Crippen molar-refractivity contribution in [3.63, 3.8) is 0 Å². The van der Waals surface area contributed by atoms with E-state index in [0.29, 0.717) is 0 Å². The number of nitrogens with one attached hydrogen (secondary N) is 2. The predicted octanol–water partition coefficient (Wildman–Crippen LogP) is 5.34. The van der Waals surface area contributed by atoms with Gasteiger partial charge in [-0.15, -0.1) is 0 Å². The predicted molar refractivity (Wildman–Crippen MR) is 93.9 cm³/mol. The Morgan fingerprint density at radius 2 is 1.95 bits per heavy atom. The van der Waals surface area contributed by atoms with Crippen molar-refractivity contribution in [1.82, 2.24) is 9.97 Å². The Morgan fingerprint density at radius 3 is 2.73 bits per heavy atom. The fourth-order valence-corrected chi connectivity index (χ4v) is 3.16. The van der Waals surface area contributed by atoms with Crippen LogP contribution in [0.25, 0.3) is 22.2 Å². The standard InChI is InChI=1S/C18H15N3S/c1-12-2-4-14(5-3-12)20-18-15-10-17(13-7-9-22-11-13)21-16(15)6-8-19-18/h2-11,21H,1H3,(H,19,20). The zero-order valence-corrected chi connectivity index (χ0v) is 12.9. The molecule has 4 aromatic rings. The van der Waals surface area contributed by atoms with E-state index in [0.717, 1.165) is 28.1 Å². The number of nitrogens with zero attached hydrogens (tertiary/aromatic N) is 1. The van der Waals surface area contributed by atoms with Crippen molar-refractivity contribution >= 4 is 33.7 Å². The largest absolute Gasteiger partial charge is 0.354 e. The molecule has 0 bridgehead atoms. The molecule has 108 valence electrons. The van der Waals surface area contributed by atoms with E-state index in [9.17, 15) is 0 Å². The highest BCUT2D eigenvalue weighted by Gasteiger charge is 2.08. The minimum absolute atomic E-state index is 0.874. The van der Waals surface area contributed by atoms with E-state index in [-0.39, 0.29) is 0 Å². The molecule has 4 rings (SSSR count). The van der Waals surface area contributed by atoms with E-state index < -0.39 is 0 Å². The highest BCUT2D eigenvalue weighted by molar-refractivity contribution is 7.08. The number of fused-ring (bicyclic) bond motifs is 1. The number of benzene rings is 1. The average molecular weight is 305 g/mol. The summed E-state index contributed by atoms with van der Waals surface area (Å²) in [7, 11) is 0. The van der Waals surface area contributed by atoms with Gasteiger partial charge in [-0.2, -0.15) is 11.3 Å². The van der Waals surface area contributed by atoms with Gasteiger partial charge in [-0.05, 0) is 42.6 Å². The van der Waals surface area contributed by atoms with Gasteiger partial charge in [0.25, 0.3) is 0 Å². The van der Waals surface area contributed by atoms with Crippen molar-refractivity contribution in [2.45, 2.75) is 6.92 Å². The average Bonchev–Trinajstić information content (AvgIpc) is 3.18. The van der Waals surface area contributed by atoms with Crippen LogP contribution in [0.1, 0.15) is 5.56 Å². The number of hydrogen-bond donors (Lipinski definition) is 2. The van der Waals surface area contributed by atoms with Crippen LogP contribution < -0.4 is 5.32 Å². The van der Waals surface area contributed by atoms with Gasteiger partial charge in [0.2, 0.25) is 0 Å². The zero-order valence-electron chi connectivity index (χ0n) is 12.1. The van der Waals surface area contributed by atoms with Crippen LogP contribution in [0.4, 0.5) is 11.5 Å². The van der Waals surface area contributed by atoms with Crippen LogP contribution in [0.3, 0.4) is 0 Å². The number of thiophene rings is 1. The van der Waals surface area contributed by atoms with Gasteiger partial charge in [0.05, 0.1) is 5.52 Å². The van der Waals surface area contributed by atoms with E-state index in [2.05, 4.69) is 69.4 Å². The normalized spacial score (nSPS) is 11.0.